The minimum Gasteiger partial charge on any atom is -0.399 e. The van der Waals surface area contributed by atoms with Crippen LogP contribution in [0.4, 0.5) is 5.69 Å². The van der Waals surface area contributed by atoms with Crippen molar-refractivity contribution in [3.63, 3.8) is 0 Å². The Balaban J connectivity index is 2.28. The summed E-state index contributed by atoms with van der Waals surface area (Å²) in [4.78, 5) is 4.65. The number of hydrogen-bond donors (Lipinski definition) is 1. The van der Waals surface area contributed by atoms with E-state index >= 15 is 0 Å². The van der Waals surface area contributed by atoms with Gasteiger partial charge in [-0.05, 0) is 42.8 Å². The molecule has 4 heteroatoms. The van der Waals surface area contributed by atoms with Crippen LogP contribution < -0.4 is 5.73 Å². The second-order valence-electron chi connectivity index (χ2n) is 4.67. The van der Waals surface area contributed by atoms with Gasteiger partial charge < -0.3 is 10.3 Å². The number of anilines is 1. The van der Waals surface area contributed by atoms with E-state index < -0.39 is 0 Å². The molecule has 0 aliphatic carbocycles. The van der Waals surface area contributed by atoms with E-state index in [9.17, 15) is 0 Å². The Bertz CT molecular complexity index is 774. The van der Waals surface area contributed by atoms with Gasteiger partial charge in [-0.1, -0.05) is 17.7 Å². The van der Waals surface area contributed by atoms with Crippen LogP contribution in [0.1, 0.15) is 5.56 Å². The van der Waals surface area contributed by atoms with Gasteiger partial charge in [0, 0.05) is 18.3 Å². The summed E-state index contributed by atoms with van der Waals surface area (Å²) in [5.74, 6) is 0.895. The molecule has 0 fully saturated rings. The summed E-state index contributed by atoms with van der Waals surface area (Å²) in [5.41, 5.74) is 10.6. The lowest BCUT2D eigenvalue weighted by Gasteiger charge is -2.06. The van der Waals surface area contributed by atoms with Crippen molar-refractivity contribution in [1.82, 2.24) is 9.55 Å². The van der Waals surface area contributed by atoms with E-state index in [2.05, 4.69) is 4.98 Å². The Labute approximate surface area is 116 Å². The molecular formula is C15H14ClN3. The monoisotopic (exact) mass is 271 g/mol. The molecule has 0 saturated carbocycles. The van der Waals surface area contributed by atoms with E-state index in [1.54, 1.807) is 0 Å². The van der Waals surface area contributed by atoms with Gasteiger partial charge in [-0.2, -0.15) is 0 Å². The second-order valence-corrected chi connectivity index (χ2v) is 5.08. The lowest BCUT2D eigenvalue weighted by molar-refractivity contribution is 0.959. The van der Waals surface area contributed by atoms with E-state index in [4.69, 9.17) is 17.3 Å². The second kappa shape index (κ2) is 4.28. The Kier molecular flexibility index (Phi) is 2.72. The minimum absolute atomic E-state index is 0.714. The van der Waals surface area contributed by atoms with Crippen LogP contribution in [-0.2, 0) is 7.05 Å². The molecule has 0 aliphatic rings. The van der Waals surface area contributed by atoms with Crippen molar-refractivity contribution in [3.05, 3.63) is 47.0 Å². The third-order valence-electron chi connectivity index (χ3n) is 3.37. The van der Waals surface area contributed by atoms with E-state index in [1.165, 1.54) is 0 Å². The fourth-order valence-corrected chi connectivity index (χ4v) is 2.59. The van der Waals surface area contributed by atoms with Crippen LogP contribution in [0.15, 0.2) is 36.4 Å². The van der Waals surface area contributed by atoms with Crippen molar-refractivity contribution in [3.8, 4) is 11.4 Å². The third-order valence-corrected chi connectivity index (χ3v) is 3.68. The van der Waals surface area contributed by atoms with Crippen molar-refractivity contribution in [2.75, 3.05) is 5.73 Å². The number of imidazole rings is 1. The number of rotatable bonds is 1. The molecule has 0 amide bonds. The zero-order valence-electron chi connectivity index (χ0n) is 10.8. The molecule has 0 radical (unpaired) electrons. The quantitative estimate of drug-likeness (QED) is 0.685. The van der Waals surface area contributed by atoms with E-state index in [0.29, 0.717) is 5.02 Å². The largest absolute Gasteiger partial charge is 0.399 e. The van der Waals surface area contributed by atoms with Crippen LogP contribution in [0.5, 0.6) is 0 Å². The van der Waals surface area contributed by atoms with Gasteiger partial charge in [0.15, 0.2) is 0 Å². The number of aromatic nitrogens is 2. The molecule has 3 aromatic rings. The summed E-state index contributed by atoms with van der Waals surface area (Å²) < 4.78 is 2.02. The summed E-state index contributed by atoms with van der Waals surface area (Å²) in [6, 6.07) is 11.7. The van der Waals surface area contributed by atoms with Crippen LogP contribution >= 0.6 is 11.6 Å². The maximum atomic E-state index is 6.24. The molecule has 0 spiro atoms. The molecule has 0 saturated heterocycles. The van der Waals surface area contributed by atoms with Gasteiger partial charge in [0.05, 0.1) is 16.1 Å². The van der Waals surface area contributed by atoms with Crippen LogP contribution in [-0.4, -0.2) is 9.55 Å². The third kappa shape index (κ3) is 1.87. The molecule has 3 rings (SSSR count). The highest BCUT2D eigenvalue weighted by molar-refractivity contribution is 6.35. The Morgan fingerprint density at radius 3 is 2.68 bits per heavy atom. The molecule has 0 atom stereocenters. The highest BCUT2D eigenvalue weighted by Crippen LogP contribution is 2.29. The number of aryl methyl sites for hydroxylation is 2. The summed E-state index contributed by atoms with van der Waals surface area (Å²) in [6.45, 7) is 1.99. The lowest BCUT2D eigenvalue weighted by atomic mass is 10.1. The first-order valence-electron chi connectivity index (χ1n) is 6.05. The molecule has 2 N–H and O–H groups in total. The number of benzene rings is 2. The number of hydrogen-bond acceptors (Lipinski definition) is 2. The van der Waals surface area contributed by atoms with Crippen LogP contribution in [0, 0.1) is 6.92 Å². The maximum absolute atomic E-state index is 6.24. The molecular weight excluding hydrogens is 258 g/mol. The Morgan fingerprint density at radius 1 is 1.21 bits per heavy atom. The topological polar surface area (TPSA) is 43.8 Å². The van der Waals surface area contributed by atoms with Crippen LogP contribution in [0.2, 0.25) is 5.02 Å². The van der Waals surface area contributed by atoms with Crippen LogP contribution in [0.3, 0.4) is 0 Å². The fraction of sp³-hybridized carbons (Fsp3) is 0.133. The maximum Gasteiger partial charge on any atom is 0.140 e. The summed E-state index contributed by atoms with van der Waals surface area (Å²) in [7, 11) is 1.97. The summed E-state index contributed by atoms with van der Waals surface area (Å²) in [6.07, 6.45) is 0. The molecule has 3 nitrogen and oxygen atoms in total. The van der Waals surface area contributed by atoms with Crippen molar-refractivity contribution in [1.29, 1.82) is 0 Å². The predicted octanol–water partition coefficient (Wildman–Crippen LogP) is 3.78. The number of nitrogens with zero attached hydrogens (tertiary/aromatic N) is 2. The number of nitrogen functional groups attached to an aromatic ring is 1. The average molecular weight is 272 g/mol. The van der Waals surface area contributed by atoms with Gasteiger partial charge in [-0.15, -0.1) is 0 Å². The molecule has 19 heavy (non-hydrogen) atoms. The van der Waals surface area contributed by atoms with Gasteiger partial charge in [0.1, 0.15) is 5.82 Å². The van der Waals surface area contributed by atoms with Gasteiger partial charge in [0.25, 0.3) is 0 Å². The van der Waals surface area contributed by atoms with Crippen molar-refractivity contribution >= 4 is 28.3 Å². The SMILES string of the molecule is Cc1cc(-c2nc3cccc(Cl)c3n2C)ccc1N. The molecule has 0 bridgehead atoms. The highest BCUT2D eigenvalue weighted by Gasteiger charge is 2.12. The van der Waals surface area contributed by atoms with Crippen molar-refractivity contribution in [2.45, 2.75) is 6.92 Å². The lowest BCUT2D eigenvalue weighted by Crippen LogP contribution is -1.95. The number of halogens is 1. The predicted molar refractivity (Wildman–Crippen MR) is 80.3 cm³/mol. The minimum atomic E-state index is 0.714. The summed E-state index contributed by atoms with van der Waals surface area (Å²) in [5, 5.41) is 0.714. The molecule has 1 heterocycles. The Hall–Kier alpha value is -2.00. The number of nitrogens with two attached hydrogens (primary N) is 1. The first-order chi connectivity index (χ1) is 9.08. The number of para-hydroxylation sites is 1. The molecule has 1 aromatic heterocycles. The van der Waals surface area contributed by atoms with Crippen LogP contribution in [0.25, 0.3) is 22.4 Å². The summed E-state index contributed by atoms with van der Waals surface area (Å²) >= 11 is 6.24. The normalized spacial score (nSPS) is 11.1. The first kappa shape index (κ1) is 12.1. The van der Waals surface area contributed by atoms with E-state index in [1.807, 2.05) is 54.9 Å². The fourth-order valence-electron chi connectivity index (χ4n) is 2.29. The van der Waals surface area contributed by atoms with Gasteiger partial charge in [-0.3, -0.25) is 0 Å². The highest BCUT2D eigenvalue weighted by atomic mass is 35.5. The standard InChI is InChI=1S/C15H14ClN3/c1-9-8-10(6-7-12(9)17)15-18-13-5-3-4-11(16)14(13)19(15)2/h3-8H,17H2,1-2H3. The van der Waals surface area contributed by atoms with Gasteiger partial charge in [-0.25, -0.2) is 4.98 Å². The first-order valence-corrected chi connectivity index (χ1v) is 6.43. The zero-order valence-corrected chi connectivity index (χ0v) is 11.6. The van der Waals surface area contributed by atoms with E-state index in [0.717, 1.165) is 33.7 Å². The van der Waals surface area contributed by atoms with Gasteiger partial charge in [0.2, 0.25) is 0 Å². The van der Waals surface area contributed by atoms with Crippen molar-refractivity contribution < 1.29 is 0 Å². The molecule has 0 unspecified atom stereocenters. The van der Waals surface area contributed by atoms with E-state index in [-0.39, 0.29) is 0 Å². The molecule has 96 valence electrons. The smallest absolute Gasteiger partial charge is 0.140 e. The average Bonchev–Trinajstić information content (AvgIpc) is 2.72. The zero-order chi connectivity index (χ0) is 13.6. The van der Waals surface area contributed by atoms with Crippen molar-refractivity contribution in [2.24, 2.45) is 7.05 Å². The number of fused-ring (bicyclic) bond motifs is 1. The van der Waals surface area contributed by atoms with Gasteiger partial charge >= 0.3 is 0 Å². The molecule has 0 aliphatic heterocycles. The Morgan fingerprint density at radius 2 is 2.00 bits per heavy atom. The molecule has 2 aromatic carbocycles.